The van der Waals surface area contributed by atoms with Crippen molar-refractivity contribution >= 4 is 11.3 Å². The lowest BCUT2D eigenvalue weighted by molar-refractivity contribution is 0.161. The largest absolute Gasteiger partial charge is 0.384 e. The maximum Gasteiger partial charge on any atom is 0.218 e. The molecule has 0 N–H and O–H groups in total. The zero-order valence-corrected chi connectivity index (χ0v) is 21.7. The Hall–Kier alpha value is -3.98. The number of benzene rings is 1. The molecule has 6 rings (SSSR count). The van der Waals surface area contributed by atoms with Crippen molar-refractivity contribution in [2.24, 2.45) is 13.0 Å². The number of hydrogen-bond acceptors (Lipinski definition) is 6. The van der Waals surface area contributed by atoms with Gasteiger partial charge in [-0.15, -0.1) is 5.10 Å². The van der Waals surface area contributed by atoms with Crippen LogP contribution in [0.1, 0.15) is 26.3 Å². The summed E-state index contributed by atoms with van der Waals surface area (Å²) in [7, 11) is 3.74. The lowest BCUT2D eigenvalue weighted by atomic mass is 10.0. The summed E-state index contributed by atoms with van der Waals surface area (Å²) in [6.45, 7) is 6.82. The summed E-state index contributed by atoms with van der Waals surface area (Å²) >= 11 is 0. The van der Waals surface area contributed by atoms with E-state index in [0.717, 1.165) is 65.7 Å². The van der Waals surface area contributed by atoms with Gasteiger partial charge in [-0.2, -0.15) is 5.10 Å². The molecule has 9 nitrogen and oxygen atoms in total. The molecule has 1 saturated heterocycles. The number of hydrogen-bond donors (Lipinski definition) is 0. The van der Waals surface area contributed by atoms with E-state index >= 15 is 0 Å². The molecule has 37 heavy (non-hydrogen) atoms. The van der Waals surface area contributed by atoms with Gasteiger partial charge in [-0.3, -0.25) is 4.68 Å². The first kappa shape index (κ1) is 23.4. The average molecular weight is 497 g/mol. The first-order chi connectivity index (χ1) is 18.0. The molecular formula is C28H32N8O. The van der Waals surface area contributed by atoms with Crippen LogP contribution in [0.4, 0.5) is 5.82 Å². The molecule has 0 radical (unpaired) electrons. The molecule has 5 aromatic rings. The van der Waals surface area contributed by atoms with Crippen LogP contribution in [0.25, 0.3) is 39.5 Å². The number of nitrogens with zero attached hydrogens (tertiary/aromatic N) is 8. The zero-order valence-electron chi connectivity index (χ0n) is 21.7. The standard InChI is InChI=1S/C28H32N8O/c1-19(2)35-14-11-23(31-35)22-17-36-25(24(22)21-8-6-5-7-9-21)27(34-13-10-20(16-34)18-37-4)30-26(32-36)28-29-12-15-33(28)3/h5-9,11-12,14-15,17,19-20H,10,13,16,18H2,1-4H3/t20-/m1/s1. The summed E-state index contributed by atoms with van der Waals surface area (Å²) in [5.41, 5.74) is 5.14. The number of methoxy groups -OCH3 is 1. The van der Waals surface area contributed by atoms with Crippen LogP contribution in [0.3, 0.4) is 0 Å². The first-order valence-electron chi connectivity index (χ1n) is 12.8. The Kier molecular flexibility index (Phi) is 6.00. The molecule has 0 aliphatic carbocycles. The van der Waals surface area contributed by atoms with E-state index in [2.05, 4.69) is 60.3 Å². The van der Waals surface area contributed by atoms with Crippen molar-refractivity contribution in [3.63, 3.8) is 0 Å². The van der Waals surface area contributed by atoms with Gasteiger partial charge in [0, 0.05) is 75.1 Å². The highest BCUT2D eigenvalue weighted by molar-refractivity contribution is 5.98. The first-order valence-corrected chi connectivity index (χ1v) is 12.8. The third-order valence-corrected chi connectivity index (χ3v) is 7.10. The smallest absolute Gasteiger partial charge is 0.218 e. The second-order valence-electron chi connectivity index (χ2n) is 10.0. The predicted molar refractivity (Wildman–Crippen MR) is 144 cm³/mol. The second kappa shape index (κ2) is 9.48. The van der Waals surface area contributed by atoms with Crippen molar-refractivity contribution in [1.82, 2.24) is 33.9 Å². The Morgan fingerprint density at radius 3 is 2.62 bits per heavy atom. The van der Waals surface area contributed by atoms with Crippen molar-refractivity contribution < 1.29 is 4.74 Å². The fourth-order valence-corrected chi connectivity index (χ4v) is 5.22. The number of anilines is 1. The minimum Gasteiger partial charge on any atom is -0.384 e. The topological polar surface area (TPSA) is 78.3 Å². The molecule has 1 aromatic carbocycles. The van der Waals surface area contributed by atoms with Crippen molar-refractivity contribution in [3.05, 3.63) is 61.2 Å². The lowest BCUT2D eigenvalue weighted by Gasteiger charge is -2.20. The summed E-state index contributed by atoms with van der Waals surface area (Å²) in [4.78, 5) is 12.1. The van der Waals surface area contributed by atoms with Crippen molar-refractivity contribution in [2.45, 2.75) is 26.3 Å². The predicted octanol–water partition coefficient (Wildman–Crippen LogP) is 4.71. The molecule has 0 bridgehead atoms. The number of fused-ring (bicyclic) bond motifs is 1. The average Bonchev–Trinajstić information content (AvgIpc) is 3.69. The Morgan fingerprint density at radius 1 is 1.08 bits per heavy atom. The third-order valence-electron chi connectivity index (χ3n) is 7.10. The Labute approximate surface area is 216 Å². The molecule has 9 heteroatoms. The van der Waals surface area contributed by atoms with Crippen LogP contribution >= 0.6 is 0 Å². The zero-order chi connectivity index (χ0) is 25.5. The number of imidazole rings is 1. The van der Waals surface area contributed by atoms with E-state index in [4.69, 9.17) is 19.9 Å². The van der Waals surface area contributed by atoms with E-state index in [0.29, 0.717) is 11.7 Å². The lowest BCUT2D eigenvalue weighted by Crippen LogP contribution is -2.23. The third kappa shape index (κ3) is 4.19. The summed E-state index contributed by atoms with van der Waals surface area (Å²) in [5.74, 6) is 2.71. The van der Waals surface area contributed by atoms with Crippen molar-refractivity contribution in [3.8, 4) is 34.0 Å². The molecule has 190 valence electrons. The van der Waals surface area contributed by atoms with E-state index in [9.17, 15) is 0 Å². The highest BCUT2D eigenvalue weighted by atomic mass is 16.5. The van der Waals surface area contributed by atoms with Crippen LogP contribution in [-0.4, -0.2) is 60.7 Å². The van der Waals surface area contributed by atoms with Gasteiger partial charge in [0.1, 0.15) is 5.52 Å². The molecule has 1 fully saturated rings. The Morgan fingerprint density at radius 2 is 1.92 bits per heavy atom. The van der Waals surface area contributed by atoms with Crippen LogP contribution in [0, 0.1) is 5.92 Å². The number of ether oxygens (including phenoxy) is 1. The normalized spacial score (nSPS) is 15.9. The van der Waals surface area contributed by atoms with Crippen molar-refractivity contribution in [2.75, 3.05) is 31.7 Å². The minimum atomic E-state index is 0.277. The molecule has 0 saturated carbocycles. The summed E-state index contributed by atoms with van der Waals surface area (Å²) in [6.07, 6.45) is 8.89. The summed E-state index contributed by atoms with van der Waals surface area (Å²) in [5, 5.41) is 9.90. The number of rotatable bonds is 7. The van der Waals surface area contributed by atoms with Gasteiger partial charge in [-0.05, 0) is 31.9 Å². The van der Waals surface area contributed by atoms with Crippen molar-refractivity contribution in [1.29, 1.82) is 0 Å². The quantitative estimate of drug-likeness (QED) is 0.325. The summed E-state index contributed by atoms with van der Waals surface area (Å²) in [6, 6.07) is 12.8. The fraction of sp³-hybridized carbons (Fsp3) is 0.357. The second-order valence-corrected chi connectivity index (χ2v) is 10.0. The maximum absolute atomic E-state index is 5.48. The van der Waals surface area contributed by atoms with Gasteiger partial charge in [0.05, 0.1) is 12.3 Å². The molecular weight excluding hydrogens is 464 g/mol. The maximum atomic E-state index is 5.48. The van der Waals surface area contributed by atoms with Crippen LogP contribution < -0.4 is 4.90 Å². The van der Waals surface area contributed by atoms with Gasteiger partial charge < -0.3 is 14.2 Å². The van der Waals surface area contributed by atoms with E-state index in [1.165, 1.54) is 0 Å². The Balaban J connectivity index is 1.62. The van der Waals surface area contributed by atoms with Crippen LogP contribution in [-0.2, 0) is 11.8 Å². The highest BCUT2D eigenvalue weighted by Gasteiger charge is 2.29. The molecule has 0 spiro atoms. The molecule has 1 atom stereocenters. The van der Waals surface area contributed by atoms with E-state index in [-0.39, 0.29) is 6.04 Å². The Bertz CT molecular complexity index is 1530. The minimum absolute atomic E-state index is 0.277. The van der Waals surface area contributed by atoms with Crippen LogP contribution in [0.5, 0.6) is 0 Å². The molecule has 1 aliphatic heterocycles. The molecule has 0 unspecified atom stereocenters. The van der Waals surface area contributed by atoms with E-state index < -0.39 is 0 Å². The van der Waals surface area contributed by atoms with Gasteiger partial charge in [0.15, 0.2) is 11.6 Å². The molecule has 4 aromatic heterocycles. The summed E-state index contributed by atoms with van der Waals surface area (Å²) < 4.78 is 11.4. The van der Waals surface area contributed by atoms with Gasteiger partial charge in [-0.1, -0.05) is 30.3 Å². The van der Waals surface area contributed by atoms with Gasteiger partial charge >= 0.3 is 0 Å². The number of aromatic nitrogens is 7. The number of aryl methyl sites for hydroxylation is 1. The highest BCUT2D eigenvalue weighted by Crippen LogP contribution is 2.41. The van der Waals surface area contributed by atoms with Gasteiger partial charge in [0.2, 0.25) is 5.82 Å². The monoisotopic (exact) mass is 496 g/mol. The van der Waals surface area contributed by atoms with Crippen LogP contribution in [0.15, 0.2) is 61.2 Å². The van der Waals surface area contributed by atoms with Crippen LogP contribution in [0.2, 0.25) is 0 Å². The van der Waals surface area contributed by atoms with E-state index in [1.807, 2.05) is 39.3 Å². The SMILES string of the molecule is COC[C@@H]1CCN(c2nc(-c3nccn3C)nn3cc(-c4ccn(C(C)C)n4)c(-c4ccccc4)c23)C1. The van der Waals surface area contributed by atoms with E-state index in [1.54, 1.807) is 13.3 Å². The molecule has 1 aliphatic rings. The fourth-order valence-electron chi connectivity index (χ4n) is 5.22. The molecule has 0 amide bonds. The van der Waals surface area contributed by atoms with Gasteiger partial charge in [-0.25, -0.2) is 14.5 Å². The molecule has 5 heterocycles. The van der Waals surface area contributed by atoms with Gasteiger partial charge in [0.25, 0.3) is 0 Å².